The maximum Gasteiger partial charge on any atom is 0.251 e. The van der Waals surface area contributed by atoms with Gasteiger partial charge in [0.2, 0.25) is 10.0 Å². The van der Waals surface area contributed by atoms with Crippen molar-refractivity contribution in [3.63, 3.8) is 0 Å². The summed E-state index contributed by atoms with van der Waals surface area (Å²) in [7, 11) is -2.05. The third-order valence-corrected chi connectivity index (χ3v) is 6.42. The molecule has 0 bridgehead atoms. The van der Waals surface area contributed by atoms with Crippen LogP contribution < -0.4 is 10.6 Å². The lowest BCUT2D eigenvalue weighted by molar-refractivity contribution is 0.0950. The van der Waals surface area contributed by atoms with Gasteiger partial charge < -0.3 is 15.2 Å². The fourth-order valence-corrected chi connectivity index (χ4v) is 4.39. The molecule has 1 aromatic heterocycles. The Morgan fingerprint density at radius 1 is 1.35 bits per heavy atom. The molecule has 9 heteroatoms. The Bertz CT molecular complexity index is 845. The number of carbonyl (C=O) groups excluding carboxylic acids is 1. The first-order valence-electron chi connectivity index (χ1n) is 8.45. The molecular weight excluding hydrogens is 356 g/mol. The van der Waals surface area contributed by atoms with Gasteiger partial charge in [-0.1, -0.05) is 11.2 Å². The van der Waals surface area contributed by atoms with E-state index in [0.29, 0.717) is 5.69 Å². The average Bonchev–Trinajstić information content (AvgIpc) is 3.20. The highest BCUT2D eigenvalue weighted by molar-refractivity contribution is 7.89. The van der Waals surface area contributed by atoms with Crippen LogP contribution in [-0.2, 0) is 16.6 Å². The van der Waals surface area contributed by atoms with Crippen LogP contribution in [-0.4, -0.2) is 50.0 Å². The summed E-state index contributed by atoms with van der Waals surface area (Å²) in [5, 5.41) is 9.63. The Morgan fingerprint density at radius 3 is 2.81 bits per heavy atom. The van der Waals surface area contributed by atoms with E-state index in [1.54, 1.807) is 25.2 Å². The van der Waals surface area contributed by atoms with Gasteiger partial charge in [-0.15, -0.1) is 0 Å². The first-order chi connectivity index (χ1) is 12.5. The number of amides is 1. The van der Waals surface area contributed by atoms with Gasteiger partial charge in [0.25, 0.3) is 5.91 Å². The quantitative estimate of drug-likeness (QED) is 0.776. The number of hydrogen-bond acceptors (Lipinski definition) is 6. The minimum absolute atomic E-state index is 0.0362. The second-order valence-electron chi connectivity index (χ2n) is 6.20. The predicted molar refractivity (Wildman–Crippen MR) is 95.0 cm³/mol. The number of nitrogens with one attached hydrogen (secondary N) is 2. The molecule has 1 fully saturated rings. The molecule has 1 amide bonds. The fraction of sp³-hybridized carbons (Fsp3) is 0.412. The minimum atomic E-state index is -3.65. The Balaban J connectivity index is 1.73. The summed E-state index contributed by atoms with van der Waals surface area (Å²) in [6.07, 6.45) is 2.96. The monoisotopic (exact) mass is 378 g/mol. The number of rotatable bonds is 6. The van der Waals surface area contributed by atoms with Gasteiger partial charge in [0.15, 0.2) is 0 Å². The van der Waals surface area contributed by atoms with E-state index in [2.05, 4.69) is 15.8 Å². The molecular formula is C17H22N4O4S. The van der Waals surface area contributed by atoms with Gasteiger partial charge in [0.1, 0.15) is 12.0 Å². The molecule has 1 saturated heterocycles. The third-order valence-electron chi connectivity index (χ3n) is 4.52. The van der Waals surface area contributed by atoms with E-state index in [1.165, 1.54) is 22.7 Å². The highest BCUT2D eigenvalue weighted by Gasteiger charge is 2.29. The van der Waals surface area contributed by atoms with Crippen LogP contribution in [0.3, 0.4) is 0 Å². The predicted octanol–water partition coefficient (Wildman–Crippen LogP) is 0.977. The molecule has 1 aliphatic rings. The zero-order valence-electron chi connectivity index (χ0n) is 14.5. The van der Waals surface area contributed by atoms with E-state index in [4.69, 9.17) is 4.52 Å². The van der Waals surface area contributed by atoms with E-state index in [-0.39, 0.29) is 29.0 Å². The lowest BCUT2D eigenvalue weighted by Crippen LogP contribution is -2.43. The van der Waals surface area contributed by atoms with Crippen LogP contribution in [0.1, 0.15) is 28.9 Å². The van der Waals surface area contributed by atoms with Crippen molar-refractivity contribution in [2.45, 2.75) is 30.3 Å². The molecule has 2 aromatic rings. The Labute approximate surface area is 152 Å². The molecule has 0 spiro atoms. The van der Waals surface area contributed by atoms with Gasteiger partial charge in [0.05, 0.1) is 11.4 Å². The second-order valence-corrected chi connectivity index (χ2v) is 8.20. The highest BCUT2D eigenvalue weighted by atomic mass is 32.2. The van der Waals surface area contributed by atoms with Crippen LogP contribution in [0.25, 0.3) is 0 Å². The first-order valence-corrected chi connectivity index (χ1v) is 9.89. The summed E-state index contributed by atoms with van der Waals surface area (Å²) in [6, 6.07) is 7.70. The SMILES string of the molecule is CN(C1CCNCC1)S(=O)(=O)c1cccc(C(=O)NCc2ccon2)c1. The van der Waals surface area contributed by atoms with Gasteiger partial charge in [-0.3, -0.25) is 4.79 Å². The number of nitrogens with zero attached hydrogens (tertiary/aromatic N) is 2. The third kappa shape index (κ3) is 4.12. The molecule has 26 heavy (non-hydrogen) atoms. The Morgan fingerprint density at radius 2 is 2.12 bits per heavy atom. The van der Waals surface area contributed by atoms with Crippen LogP contribution in [0.2, 0.25) is 0 Å². The standard InChI is InChI=1S/C17H22N4O4S/c1-21(15-5-8-18-9-6-15)26(23,24)16-4-2-3-13(11-16)17(22)19-12-14-7-10-25-20-14/h2-4,7,10-11,15,18H,5-6,8-9,12H2,1H3,(H,19,22). The number of sulfonamides is 1. The molecule has 2 heterocycles. The van der Waals surface area contributed by atoms with Crippen LogP contribution >= 0.6 is 0 Å². The molecule has 3 rings (SSSR count). The van der Waals surface area contributed by atoms with E-state index in [9.17, 15) is 13.2 Å². The normalized spacial score (nSPS) is 15.9. The number of carbonyl (C=O) groups is 1. The summed E-state index contributed by atoms with van der Waals surface area (Å²) < 4.78 is 31.9. The molecule has 0 unspecified atom stereocenters. The van der Waals surface area contributed by atoms with Crippen LogP contribution in [0.4, 0.5) is 0 Å². The van der Waals surface area contributed by atoms with Gasteiger partial charge in [-0.2, -0.15) is 4.31 Å². The van der Waals surface area contributed by atoms with Crippen molar-refractivity contribution in [2.75, 3.05) is 20.1 Å². The van der Waals surface area contributed by atoms with Crippen molar-refractivity contribution in [3.8, 4) is 0 Å². The van der Waals surface area contributed by atoms with Crippen molar-refractivity contribution < 1.29 is 17.7 Å². The van der Waals surface area contributed by atoms with Crippen molar-refractivity contribution in [1.82, 2.24) is 20.1 Å². The van der Waals surface area contributed by atoms with Crippen molar-refractivity contribution in [2.24, 2.45) is 0 Å². The second kappa shape index (κ2) is 7.98. The van der Waals surface area contributed by atoms with E-state index in [0.717, 1.165) is 25.9 Å². The molecule has 2 N–H and O–H groups in total. The molecule has 1 aromatic carbocycles. The van der Waals surface area contributed by atoms with Crippen LogP contribution in [0.15, 0.2) is 46.0 Å². The maximum absolute atomic E-state index is 12.9. The first kappa shape index (κ1) is 18.6. The highest BCUT2D eigenvalue weighted by Crippen LogP contribution is 2.21. The minimum Gasteiger partial charge on any atom is -0.364 e. The largest absolute Gasteiger partial charge is 0.364 e. The summed E-state index contributed by atoms with van der Waals surface area (Å²) in [4.78, 5) is 12.4. The number of benzene rings is 1. The van der Waals surface area contributed by atoms with E-state index >= 15 is 0 Å². The average molecular weight is 378 g/mol. The van der Waals surface area contributed by atoms with Gasteiger partial charge in [-0.05, 0) is 44.1 Å². The van der Waals surface area contributed by atoms with Crippen molar-refractivity contribution in [1.29, 1.82) is 0 Å². The molecule has 0 atom stereocenters. The number of aromatic nitrogens is 1. The van der Waals surface area contributed by atoms with Crippen molar-refractivity contribution in [3.05, 3.63) is 47.9 Å². The smallest absolute Gasteiger partial charge is 0.251 e. The van der Waals surface area contributed by atoms with Crippen LogP contribution in [0, 0.1) is 0 Å². The zero-order valence-corrected chi connectivity index (χ0v) is 15.3. The van der Waals surface area contributed by atoms with Gasteiger partial charge in [-0.25, -0.2) is 8.42 Å². The molecule has 0 saturated carbocycles. The number of piperidine rings is 1. The molecule has 1 aliphatic heterocycles. The van der Waals surface area contributed by atoms with Gasteiger partial charge >= 0.3 is 0 Å². The van der Waals surface area contributed by atoms with Gasteiger partial charge in [0, 0.05) is 24.7 Å². The topological polar surface area (TPSA) is 105 Å². The molecule has 0 radical (unpaired) electrons. The summed E-state index contributed by atoms with van der Waals surface area (Å²) in [5.41, 5.74) is 0.876. The number of hydrogen-bond donors (Lipinski definition) is 2. The fourth-order valence-electron chi connectivity index (χ4n) is 2.93. The lowest BCUT2D eigenvalue weighted by Gasteiger charge is -2.30. The summed E-state index contributed by atoms with van der Waals surface area (Å²) >= 11 is 0. The summed E-state index contributed by atoms with van der Waals surface area (Å²) in [5.74, 6) is -0.366. The van der Waals surface area contributed by atoms with E-state index in [1.807, 2.05) is 0 Å². The zero-order chi connectivity index (χ0) is 18.6. The maximum atomic E-state index is 12.9. The molecule has 140 valence electrons. The summed E-state index contributed by atoms with van der Waals surface area (Å²) in [6.45, 7) is 1.81. The lowest BCUT2D eigenvalue weighted by atomic mass is 10.1. The van der Waals surface area contributed by atoms with E-state index < -0.39 is 10.0 Å². The molecule has 8 nitrogen and oxygen atoms in total. The van der Waals surface area contributed by atoms with Crippen molar-refractivity contribution >= 4 is 15.9 Å². The Hall–Kier alpha value is -2.23. The molecule has 0 aliphatic carbocycles. The van der Waals surface area contributed by atoms with Crippen LogP contribution in [0.5, 0.6) is 0 Å². The Kier molecular flexibility index (Phi) is 5.70.